The van der Waals surface area contributed by atoms with Gasteiger partial charge in [-0.3, -0.25) is 4.68 Å². The maximum absolute atomic E-state index is 12.1. The summed E-state index contributed by atoms with van der Waals surface area (Å²) in [4.78, 5) is 12.1. The number of carbonyl (C=O) groups excluding carboxylic acids is 1. The summed E-state index contributed by atoms with van der Waals surface area (Å²) < 4.78 is 7.07. The number of hydrogen-bond acceptors (Lipinski definition) is 3. The Kier molecular flexibility index (Phi) is 2.42. The zero-order chi connectivity index (χ0) is 14.0. The first-order valence-corrected chi connectivity index (χ1v) is 7.09. The summed E-state index contributed by atoms with van der Waals surface area (Å²) >= 11 is 0. The van der Waals surface area contributed by atoms with Gasteiger partial charge in [0.2, 0.25) is 0 Å². The van der Waals surface area contributed by atoms with E-state index in [1.807, 2.05) is 18.7 Å². The largest absolute Gasteiger partial charge is 0.461 e. The molecule has 0 radical (unpaired) electrons. The van der Waals surface area contributed by atoms with Crippen molar-refractivity contribution in [3.05, 3.63) is 17.0 Å². The van der Waals surface area contributed by atoms with Crippen molar-refractivity contribution in [2.45, 2.75) is 51.9 Å². The topological polar surface area (TPSA) is 44.1 Å². The van der Waals surface area contributed by atoms with Crippen LogP contribution in [0.1, 0.15) is 68.2 Å². The van der Waals surface area contributed by atoms with Crippen molar-refractivity contribution in [2.75, 3.05) is 6.61 Å². The van der Waals surface area contributed by atoms with Crippen molar-refractivity contribution in [1.82, 2.24) is 9.78 Å². The fourth-order valence-corrected chi connectivity index (χ4v) is 4.30. The van der Waals surface area contributed by atoms with E-state index in [0.717, 1.165) is 12.0 Å². The number of aryl methyl sites for hydroxylation is 1. The molecule has 1 aromatic rings. The minimum atomic E-state index is -0.272. The van der Waals surface area contributed by atoms with Gasteiger partial charge >= 0.3 is 5.97 Å². The minimum absolute atomic E-state index is 0.124. The standard InChI is InChI=1S/C15H22N2O2/c1-6-19-13(18)11-10-9-7-8-15(4,14(9,2)3)12(10)17(5)16-11/h9H,6-8H2,1-5H3. The van der Waals surface area contributed by atoms with Gasteiger partial charge in [0, 0.05) is 23.7 Å². The van der Waals surface area contributed by atoms with Gasteiger partial charge in [-0.05, 0) is 31.1 Å². The first-order chi connectivity index (χ1) is 8.84. The SMILES string of the molecule is CCOC(=O)c1nn(C)c2c1C1CCC2(C)C1(C)C. The van der Waals surface area contributed by atoms with Crippen molar-refractivity contribution >= 4 is 5.97 Å². The van der Waals surface area contributed by atoms with Crippen LogP contribution in [0, 0.1) is 5.41 Å². The molecule has 2 bridgehead atoms. The van der Waals surface area contributed by atoms with Gasteiger partial charge in [0.25, 0.3) is 0 Å². The number of fused-ring (bicyclic) bond motifs is 5. The highest BCUT2D eigenvalue weighted by molar-refractivity contribution is 5.90. The summed E-state index contributed by atoms with van der Waals surface area (Å²) in [6.07, 6.45) is 2.33. The van der Waals surface area contributed by atoms with Gasteiger partial charge in [-0.25, -0.2) is 4.79 Å². The smallest absolute Gasteiger partial charge is 0.359 e. The number of esters is 1. The molecule has 2 unspecified atom stereocenters. The van der Waals surface area contributed by atoms with Crippen molar-refractivity contribution in [3.63, 3.8) is 0 Å². The van der Waals surface area contributed by atoms with Crippen LogP contribution >= 0.6 is 0 Å². The molecule has 0 N–H and O–H groups in total. The van der Waals surface area contributed by atoms with Crippen LogP contribution in [0.3, 0.4) is 0 Å². The molecule has 0 saturated heterocycles. The molecule has 0 aromatic carbocycles. The summed E-state index contributed by atoms with van der Waals surface area (Å²) in [6.45, 7) is 9.18. The maximum atomic E-state index is 12.1. The molecule has 3 rings (SSSR count). The van der Waals surface area contributed by atoms with Crippen LogP contribution < -0.4 is 0 Å². The lowest BCUT2D eigenvalue weighted by molar-refractivity contribution is 0.0516. The molecule has 104 valence electrons. The molecule has 1 fully saturated rings. The Hall–Kier alpha value is -1.32. The Morgan fingerprint density at radius 1 is 1.47 bits per heavy atom. The minimum Gasteiger partial charge on any atom is -0.461 e. The molecule has 4 heteroatoms. The molecule has 19 heavy (non-hydrogen) atoms. The number of ether oxygens (including phenoxy) is 1. The third-order valence-corrected chi connectivity index (χ3v) is 5.65. The third kappa shape index (κ3) is 1.30. The first-order valence-electron chi connectivity index (χ1n) is 7.09. The lowest BCUT2D eigenvalue weighted by atomic mass is 9.70. The molecule has 2 atom stereocenters. The predicted molar refractivity (Wildman–Crippen MR) is 72.3 cm³/mol. The molecule has 4 nitrogen and oxygen atoms in total. The molecular weight excluding hydrogens is 240 g/mol. The van der Waals surface area contributed by atoms with E-state index in [1.165, 1.54) is 12.1 Å². The van der Waals surface area contributed by atoms with Gasteiger partial charge < -0.3 is 4.74 Å². The molecule has 1 heterocycles. The molecule has 1 saturated carbocycles. The van der Waals surface area contributed by atoms with Gasteiger partial charge in [0.1, 0.15) is 0 Å². The summed E-state index contributed by atoms with van der Waals surface area (Å²) in [7, 11) is 1.95. The molecule has 0 aliphatic heterocycles. The fourth-order valence-electron chi connectivity index (χ4n) is 4.30. The molecule has 0 spiro atoms. The van der Waals surface area contributed by atoms with Gasteiger partial charge in [0.05, 0.1) is 6.61 Å². The zero-order valence-corrected chi connectivity index (χ0v) is 12.4. The van der Waals surface area contributed by atoms with E-state index in [4.69, 9.17) is 4.74 Å². The third-order valence-electron chi connectivity index (χ3n) is 5.65. The van der Waals surface area contributed by atoms with Gasteiger partial charge in [-0.1, -0.05) is 20.8 Å². The summed E-state index contributed by atoms with van der Waals surface area (Å²) in [5, 5.41) is 4.44. The molecule has 2 aliphatic carbocycles. The van der Waals surface area contributed by atoms with E-state index in [9.17, 15) is 4.79 Å². The monoisotopic (exact) mass is 262 g/mol. The van der Waals surface area contributed by atoms with E-state index >= 15 is 0 Å². The average Bonchev–Trinajstić information content (AvgIpc) is 2.84. The van der Waals surface area contributed by atoms with Crippen LogP contribution in [0.15, 0.2) is 0 Å². The van der Waals surface area contributed by atoms with Crippen LogP contribution in [0.2, 0.25) is 0 Å². The van der Waals surface area contributed by atoms with Crippen LogP contribution in [0.25, 0.3) is 0 Å². The Labute approximate surface area is 114 Å². The van der Waals surface area contributed by atoms with Crippen LogP contribution in [0.5, 0.6) is 0 Å². The summed E-state index contributed by atoms with van der Waals surface area (Å²) in [5.41, 5.74) is 3.26. The van der Waals surface area contributed by atoms with Gasteiger partial charge in [0.15, 0.2) is 5.69 Å². The van der Waals surface area contributed by atoms with Gasteiger partial charge in [-0.15, -0.1) is 0 Å². The van der Waals surface area contributed by atoms with Crippen molar-refractivity contribution in [3.8, 4) is 0 Å². The second-order valence-electron chi connectivity index (χ2n) is 6.60. The fraction of sp³-hybridized carbons (Fsp3) is 0.733. The molecule has 1 aromatic heterocycles. The lowest BCUT2D eigenvalue weighted by Gasteiger charge is -2.35. The predicted octanol–water partition coefficient (Wildman–Crippen LogP) is 2.77. The summed E-state index contributed by atoms with van der Waals surface area (Å²) in [5.74, 6) is 0.159. The number of carbonyl (C=O) groups is 1. The highest BCUT2D eigenvalue weighted by Crippen LogP contribution is 2.68. The van der Waals surface area contributed by atoms with Crippen molar-refractivity contribution < 1.29 is 9.53 Å². The average molecular weight is 262 g/mol. The number of rotatable bonds is 2. The maximum Gasteiger partial charge on any atom is 0.359 e. The second kappa shape index (κ2) is 3.62. The highest BCUT2D eigenvalue weighted by atomic mass is 16.5. The van der Waals surface area contributed by atoms with E-state index in [-0.39, 0.29) is 16.8 Å². The first kappa shape index (κ1) is 12.7. The lowest BCUT2D eigenvalue weighted by Crippen LogP contribution is -2.33. The summed E-state index contributed by atoms with van der Waals surface area (Å²) in [6, 6.07) is 0. The zero-order valence-electron chi connectivity index (χ0n) is 12.4. The number of aromatic nitrogens is 2. The Bertz CT molecular complexity index is 559. The normalized spacial score (nSPS) is 30.5. The quantitative estimate of drug-likeness (QED) is 0.770. The number of hydrogen-bond donors (Lipinski definition) is 0. The van der Waals surface area contributed by atoms with E-state index in [1.54, 1.807) is 0 Å². The van der Waals surface area contributed by atoms with E-state index in [0.29, 0.717) is 18.2 Å². The van der Waals surface area contributed by atoms with Crippen molar-refractivity contribution in [1.29, 1.82) is 0 Å². The van der Waals surface area contributed by atoms with Gasteiger partial charge in [-0.2, -0.15) is 5.10 Å². The second-order valence-corrected chi connectivity index (χ2v) is 6.60. The van der Waals surface area contributed by atoms with E-state index in [2.05, 4.69) is 25.9 Å². The molecular formula is C15H22N2O2. The molecule has 2 aliphatic rings. The highest BCUT2D eigenvalue weighted by Gasteiger charge is 2.62. The molecule has 0 amide bonds. The van der Waals surface area contributed by atoms with Crippen LogP contribution in [-0.2, 0) is 17.2 Å². The van der Waals surface area contributed by atoms with E-state index < -0.39 is 0 Å². The Morgan fingerprint density at radius 3 is 2.79 bits per heavy atom. The van der Waals surface area contributed by atoms with Crippen molar-refractivity contribution in [2.24, 2.45) is 12.5 Å². The van der Waals surface area contributed by atoms with Crippen LogP contribution in [-0.4, -0.2) is 22.4 Å². The van der Waals surface area contributed by atoms with Crippen LogP contribution in [0.4, 0.5) is 0 Å². The number of nitrogens with zero attached hydrogens (tertiary/aromatic N) is 2. The Morgan fingerprint density at radius 2 is 2.16 bits per heavy atom. The Balaban J connectivity index is 2.18.